The van der Waals surface area contributed by atoms with Crippen molar-refractivity contribution in [2.75, 3.05) is 26.2 Å². The maximum Gasteiger partial charge on any atom is 0.527 e. The van der Waals surface area contributed by atoms with Crippen molar-refractivity contribution in [3.05, 3.63) is 22.4 Å². The molecule has 7 heteroatoms. The van der Waals surface area contributed by atoms with Crippen molar-refractivity contribution in [1.82, 2.24) is 0 Å². The third kappa shape index (κ3) is 2.95. The number of thiophene rings is 1. The number of quaternary nitrogens is 1. The Morgan fingerprint density at radius 1 is 1.38 bits per heavy atom. The molecule has 114 valence electrons. The van der Waals surface area contributed by atoms with Gasteiger partial charge in [0.15, 0.2) is 6.10 Å². The first-order valence-corrected chi connectivity index (χ1v) is 7.99. The number of Topliss-reactive ketones (excluding diaryl/α,β-unsaturated/α-hetero) is 1. The summed E-state index contributed by atoms with van der Waals surface area (Å²) in [5.41, 5.74) is 0. The first kappa shape index (κ1) is 14.5. The molecule has 1 aromatic rings. The number of hydrogen-bond donors (Lipinski definition) is 1. The Morgan fingerprint density at radius 2 is 2.14 bits per heavy atom. The fourth-order valence-corrected chi connectivity index (χ4v) is 4.20. The Balaban J connectivity index is 1.69. The van der Waals surface area contributed by atoms with Crippen molar-refractivity contribution < 1.29 is 23.6 Å². The Labute approximate surface area is 127 Å². The van der Waals surface area contributed by atoms with Crippen LogP contribution in [0.2, 0.25) is 0 Å². The predicted octanol–water partition coefficient (Wildman–Crippen LogP) is 1.57. The molecule has 4 heterocycles. The largest absolute Gasteiger partial charge is 0.527 e. The molecule has 3 aliphatic rings. The quantitative estimate of drug-likeness (QED) is 0.395. The van der Waals surface area contributed by atoms with Crippen molar-refractivity contribution in [2.45, 2.75) is 18.9 Å². The second-order valence-corrected chi connectivity index (χ2v) is 6.84. The lowest BCUT2D eigenvalue weighted by molar-refractivity contribution is -0.938. The van der Waals surface area contributed by atoms with Crippen molar-refractivity contribution in [3.63, 3.8) is 0 Å². The van der Waals surface area contributed by atoms with E-state index in [1.165, 1.54) is 11.3 Å². The second kappa shape index (κ2) is 5.75. The van der Waals surface area contributed by atoms with E-state index in [-0.39, 0.29) is 11.9 Å². The smallest absolute Gasteiger partial charge is 0.423 e. The van der Waals surface area contributed by atoms with Crippen molar-refractivity contribution in [3.8, 4) is 0 Å². The average Bonchev–Trinajstić information content (AvgIpc) is 3.02. The van der Waals surface area contributed by atoms with Gasteiger partial charge in [-0.15, -0.1) is 11.3 Å². The summed E-state index contributed by atoms with van der Waals surface area (Å²) in [6, 6.07) is 3.76. The van der Waals surface area contributed by atoms with Gasteiger partial charge in [0.05, 0.1) is 18.0 Å². The molecule has 3 aliphatic heterocycles. The number of hydrogen-bond acceptors (Lipinski definition) is 6. The minimum Gasteiger partial charge on any atom is -0.423 e. The molecule has 3 saturated heterocycles. The van der Waals surface area contributed by atoms with Gasteiger partial charge < -0.3 is 14.1 Å². The minimum absolute atomic E-state index is 0.172. The highest BCUT2D eigenvalue weighted by molar-refractivity contribution is 7.12. The monoisotopic (exact) mass is 311 g/mol. The molecule has 2 N–H and O–H groups in total. The molecule has 0 radical (unpaired) electrons. The number of rotatable bonds is 4. The summed E-state index contributed by atoms with van der Waals surface area (Å²) in [5.74, 6) is 5.37. The summed E-state index contributed by atoms with van der Waals surface area (Å²) in [7, 11) is 0. The van der Waals surface area contributed by atoms with Crippen LogP contribution in [-0.4, -0.2) is 48.7 Å². The van der Waals surface area contributed by atoms with Crippen molar-refractivity contribution in [2.24, 2.45) is 11.8 Å². The van der Waals surface area contributed by atoms with Crippen LogP contribution in [0.4, 0.5) is 4.79 Å². The molecule has 1 aromatic heterocycles. The molecule has 0 saturated carbocycles. The Morgan fingerprint density at radius 3 is 2.76 bits per heavy atom. The minimum atomic E-state index is -0.837. The van der Waals surface area contributed by atoms with Crippen LogP contribution in [0, 0.1) is 5.92 Å². The van der Waals surface area contributed by atoms with Gasteiger partial charge in [-0.1, -0.05) is 6.07 Å². The number of nitrogens with two attached hydrogens (primary N) is 1. The van der Waals surface area contributed by atoms with Crippen LogP contribution < -0.4 is 5.90 Å². The third-order valence-corrected chi connectivity index (χ3v) is 5.57. The van der Waals surface area contributed by atoms with Crippen LogP contribution >= 0.6 is 11.3 Å². The highest BCUT2D eigenvalue weighted by atomic mass is 32.1. The zero-order valence-corrected chi connectivity index (χ0v) is 12.5. The summed E-state index contributed by atoms with van der Waals surface area (Å²) < 4.78 is 5.97. The molecule has 6 nitrogen and oxygen atoms in total. The van der Waals surface area contributed by atoms with Crippen LogP contribution in [0.15, 0.2) is 17.5 Å². The Hall–Kier alpha value is -1.44. The van der Waals surface area contributed by atoms with Crippen LogP contribution in [-0.2, 0) is 9.57 Å². The van der Waals surface area contributed by atoms with E-state index in [0.29, 0.717) is 23.5 Å². The van der Waals surface area contributed by atoms with Gasteiger partial charge in [0, 0.05) is 18.8 Å². The summed E-state index contributed by atoms with van der Waals surface area (Å²) in [5, 5.41) is 1.92. The second-order valence-electron chi connectivity index (χ2n) is 5.89. The molecule has 3 fully saturated rings. The van der Waals surface area contributed by atoms with Gasteiger partial charge in [-0.2, -0.15) is 5.90 Å². The van der Waals surface area contributed by atoms with Crippen molar-refractivity contribution in [1.29, 1.82) is 0 Å². The van der Waals surface area contributed by atoms with E-state index < -0.39 is 6.16 Å². The summed E-state index contributed by atoms with van der Waals surface area (Å²) >= 11 is 1.48. The van der Waals surface area contributed by atoms with E-state index in [9.17, 15) is 9.59 Å². The Bertz CT molecular complexity index is 523. The normalized spacial score (nSPS) is 30.9. The molecule has 4 rings (SSSR count). The maximum absolute atomic E-state index is 12.4. The van der Waals surface area contributed by atoms with Gasteiger partial charge in [-0.05, 0) is 11.4 Å². The number of ether oxygens (including phenoxy) is 1. The lowest BCUT2D eigenvalue weighted by Crippen LogP contribution is -2.65. The van der Waals surface area contributed by atoms with Crippen LogP contribution in [0.3, 0.4) is 0 Å². The molecule has 21 heavy (non-hydrogen) atoms. The fraction of sp³-hybridized carbons (Fsp3) is 0.571. The van der Waals surface area contributed by atoms with E-state index in [1.54, 1.807) is 0 Å². The molecule has 1 unspecified atom stereocenters. The van der Waals surface area contributed by atoms with Gasteiger partial charge in [0.2, 0.25) is 5.78 Å². The average molecular weight is 311 g/mol. The van der Waals surface area contributed by atoms with Gasteiger partial charge in [-0.25, -0.2) is 4.79 Å². The van der Waals surface area contributed by atoms with E-state index in [1.807, 2.05) is 17.5 Å². The van der Waals surface area contributed by atoms with Crippen molar-refractivity contribution >= 4 is 23.3 Å². The van der Waals surface area contributed by atoms with Gasteiger partial charge in [0.25, 0.3) is 0 Å². The van der Waals surface area contributed by atoms with Gasteiger partial charge in [0.1, 0.15) is 13.1 Å². The molecule has 0 aliphatic carbocycles. The molecule has 0 amide bonds. The standard InChI is InChI=1S/C14H19N2O4S/c15-20-14(18)19-12-9-16(5-3-10(12)4-6-16)8-11(17)13-2-1-7-21-13/h1-2,7,10,12H,3-6,8-9,15H2/q+1. The molecular weight excluding hydrogens is 292 g/mol. The number of nitrogens with zero attached hydrogens (tertiary/aromatic N) is 1. The first-order chi connectivity index (χ1) is 10.1. The van der Waals surface area contributed by atoms with Crippen LogP contribution in [0.1, 0.15) is 22.5 Å². The lowest BCUT2D eigenvalue weighted by atomic mass is 9.83. The van der Waals surface area contributed by atoms with E-state index in [4.69, 9.17) is 10.6 Å². The van der Waals surface area contributed by atoms with Gasteiger partial charge in [-0.3, -0.25) is 4.79 Å². The highest BCUT2D eigenvalue weighted by Gasteiger charge is 2.48. The fourth-order valence-electron chi connectivity index (χ4n) is 3.55. The molecule has 0 spiro atoms. The van der Waals surface area contributed by atoms with E-state index in [2.05, 4.69) is 4.84 Å². The number of piperidine rings is 3. The topological polar surface area (TPSA) is 78.6 Å². The number of carbonyl (C=O) groups is 2. The summed E-state index contributed by atoms with van der Waals surface area (Å²) in [6.07, 6.45) is 0.914. The first-order valence-electron chi connectivity index (χ1n) is 7.11. The number of ketones is 1. The SMILES string of the molecule is NOC(=O)OC1C[N+]2(CC(=O)c3cccs3)CCC1CC2. The zero-order valence-electron chi connectivity index (χ0n) is 11.7. The molecule has 0 aromatic carbocycles. The lowest BCUT2D eigenvalue weighted by Gasteiger charge is -2.51. The predicted molar refractivity (Wildman–Crippen MR) is 76.6 cm³/mol. The van der Waals surface area contributed by atoms with E-state index >= 15 is 0 Å². The van der Waals surface area contributed by atoms with Gasteiger partial charge >= 0.3 is 6.16 Å². The zero-order chi connectivity index (χ0) is 14.9. The van der Waals surface area contributed by atoms with Crippen LogP contribution in [0.25, 0.3) is 0 Å². The number of fused-ring (bicyclic) bond motifs is 3. The third-order valence-electron chi connectivity index (χ3n) is 4.66. The molecule has 2 bridgehead atoms. The summed E-state index contributed by atoms with van der Waals surface area (Å²) in [4.78, 5) is 28.5. The maximum atomic E-state index is 12.4. The number of carbonyl (C=O) groups excluding carboxylic acids is 2. The van der Waals surface area contributed by atoms with Crippen LogP contribution in [0.5, 0.6) is 0 Å². The molecule has 1 atom stereocenters. The molecular formula is C14H19N2O4S+. The highest BCUT2D eigenvalue weighted by Crippen LogP contribution is 2.36. The Kier molecular flexibility index (Phi) is 3.97. The summed E-state index contributed by atoms with van der Waals surface area (Å²) in [6.45, 7) is 3.10. The van der Waals surface area contributed by atoms with E-state index in [0.717, 1.165) is 30.8 Å².